The minimum atomic E-state index is -0.454. The van der Waals surface area contributed by atoms with Gasteiger partial charge in [-0.15, -0.1) is 21.5 Å². The van der Waals surface area contributed by atoms with Crippen molar-refractivity contribution in [2.45, 2.75) is 58.6 Å². The molecule has 1 fully saturated rings. The predicted molar refractivity (Wildman–Crippen MR) is 129 cm³/mol. The Morgan fingerprint density at radius 1 is 1.23 bits per heavy atom. The lowest BCUT2D eigenvalue weighted by Gasteiger charge is -2.15. The number of fused-ring (bicyclic) bond motifs is 3. The van der Waals surface area contributed by atoms with Crippen LogP contribution < -0.4 is 0 Å². The molecule has 160 valence electrons. The van der Waals surface area contributed by atoms with Gasteiger partial charge in [-0.25, -0.2) is 0 Å². The standard InChI is InChI=1S/C23H23IN4O2S/c1-12-13(2)31-22-19(12)20(15-5-7-16(24)8-6-15)25-17(21-27-26-14(3)28(21)22)11-18(29)30-23(4)9-10-23/h5-8,17H,9-11H2,1-4H3/t17-/m0/s1. The van der Waals surface area contributed by atoms with Crippen molar-refractivity contribution in [3.8, 4) is 5.00 Å². The normalized spacial score (nSPS) is 18.6. The summed E-state index contributed by atoms with van der Waals surface area (Å²) in [4.78, 5) is 19.1. The Kier molecular flexibility index (Phi) is 5.04. The van der Waals surface area contributed by atoms with Gasteiger partial charge in [-0.3, -0.25) is 14.4 Å². The highest BCUT2D eigenvalue weighted by atomic mass is 127. The third kappa shape index (κ3) is 3.73. The molecule has 1 aliphatic heterocycles. The molecule has 0 saturated heterocycles. The molecule has 2 aromatic heterocycles. The number of hydrogen-bond acceptors (Lipinski definition) is 6. The van der Waals surface area contributed by atoms with E-state index in [1.54, 1.807) is 11.3 Å². The van der Waals surface area contributed by atoms with Crippen molar-refractivity contribution >= 4 is 45.6 Å². The second-order valence-corrected chi connectivity index (χ2v) is 11.0. The highest BCUT2D eigenvalue weighted by molar-refractivity contribution is 14.1. The number of aromatic nitrogens is 3. The molecule has 0 radical (unpaired) electrons. The molecule has 0 unspecified atom stereocenters. The van der Waals surface area contributed by atoms with E-state index in [0.717, 1.165) is 40.5 Å². The molecule has 0 N–H and O–H groups in total. The molecule has 1 aliphatic carbocycles. The average molecular weight is 546 g/mol. The van der Waals surface area contributed by atoms with E-state index in [-0.39, 0.29) is 18.0 Å². The van der Waals surface area contributed by atoms with Crippen LogP contribution in [0.25, 0.3) is 5.00 Å². The monoisotopic (exact) mass is 546 g/mol. The Balaban J connectivity index is 1.67. The Morgan fingerprint density at radius 3 is 2.61 bits per heavy atom. The van der Waals surface area contributed by atoms with Gasteiger partial charge in [0.25, 0.3) is 0 Å². The van der Waals surface area contributed by atoms with Gasteiger partial charge in [0.1, 0.15) is 22.5 Å². The van der Waals surface area contributed by atoms with Crippen LogP contribution >= 0.6 is 33.9 Å². The quantitative estimate of drug-likeness (QED) is 0.332. The molecule has 0 spiro atoms. The number of rotatable bonds is 4. The molecule has 8 heteroatoms. The zero-order valence-electron chi connectivity index (χ0n) is 17.9. The highest BCUT2D eigenvalue weighted by Crippen LogP contribution is 2.42. The number of aryl methyl sites for hydroxylation is 2. The first kappa shape index (κ1) is 20.8. The number of esters is 1. The molecule has 1 saturated carbocycles. The van der Waals surface area contributed by atoms with Gasteiger partial charge in [0, 0.05) is 19.6 Å². The number of hydrogen-bond donors (Lipinski definition) is 0. The minimum Gasteiger partial charge on any atom is -0.459 e. The van der Waals surface area contributed by atoms with E-state index in [1.807, 2.05) is 13.8 Å². The summed E-state index contributed by atoms with van der Waals surface area (Å²) >= 11 is 4.02. The Morgan fingerprint density at radius 2 is 1.94 bits per heavy atom. The Bertz CT molecular complexity index is 1220. The van der Waals surface area contributed by atoms with E-state index in [2.05, 4.69) is 75.5 Å². The lowest BCUT2D eigenvalue weighted by atomic mass is 10.00. The van der Waals surface area contributed by atoms with Gasteiger partial charge in [-0.2, -0.15) is 0 Å². The van der Waals surface area contributed by atoms with Crippen molar-refractivity contribution in [3.05, 3.63) is 61.1 Å². The lowest BCUT2D eigenvalue weighted by molar-refractivity contribution is -0.150. The summed E-state index contributed by atoms with van der Waals surface area (Å²) in [5, 5.41) is 9.84. The van der Waals surface area contributed by atoms with Gasteiger partial charge in [0.15, 0.2) is 5.82 Å². The maximum atomic E-state index is 12.8. The number of ether oxygens (including phenoxy) is 1. The van der Waals surface area contributed by atoms with E-state index in [1.165, 1.54) is 14.0 Å². The van der Waals surface area contributed by atoms with Gasteiger partial charge in [-0.1, -0.05) is 12.1 Å². The van der Waals surface area contributed by atoms with Crippen LogP contribution in [-0.2, 0) is 9.53 Å². The molecule has 5 rings (SSSR count). The summed E-state index contributed by atoms with van der Waals surface area (Å²) < 4.78 is 8.94. The molecular formula is C23H23IN4O2S. The molecule has 3 aromatic rings. The molecule has 0 bridgehead atoms. The van der Waals surface area contributed by atoms with Gasteiger partial charge < -0.3 is 4.74 Å². The molecule has 1 atom stereocenters. The van der Waals surface area contributed by atoms with E-state index >= 15 is 0 Å². The fourth-order valence-electron chi connectivity index (χ4n) is 3.88. The topological polar surface area (TPSA) is 69.4 Å². The predicted octanol–water partition coefficient (Wildman–Crippen LogP) is 5.24. The van der Waals surface area contributed by atoms with Crippen LogP contribution in [0.1, 0.15) is 65.4 Å². The van der Waals surface area contributed by atoms with Crippen LogP contribution in [-0.4, -0.2) is 32.0 Å². The molecule has 6 nitrogen and oxygen atoms in total. The van der Waals surface area contributed by atoms with E-state index in [4.69, 9.17) is 9.73 Å². The van der Waals surface area contributed by atoms with Gasteiger partial charge in [0.05, 0.1) is 12.1 Å². The second-order valence-electron chi connectivity index (χ2n) is 8.53. The summed E-state index contributed by atoms with van der Waals surface area (Å²) in [5.41, 5.74) is 3.92. The van der Waals surface area contributed by atoms with Crippen molar-refractivity contribution in [1.82, 2.24) is 14.8 Å². The van der Waals surface area contributed by atoms with Gasteiger partial charge in [0.2, 0.25) is 0 Å². The van der Waals surface area contributed by atoms with E-state index in [0.29, 0.717) is 5.82 Å². The number of benzene rings is 1. The van der Waals surface area contributed by atoms with E-state index < -0.39 is 6.04 Å². The average Bonchev–Trinajstić information content (AvgIpc) is 3.24. The number of nitrogens with zero attached hydrogens (tertiary/aromatic N) is 4. The summed E-state index contributed by atoms with van der Waals surface area (Å²) in [6, 6.07) is 7.90. The van der Waals surface area contributed by atoms with Crippen molar-refractivity contribution in [2.24, 2.45) is 4.99 Å². The van der Waals surface area contributed by atoms with Crippen molar-refractivity contribution in [3.63, 3.8) is 0 Å². The van der Waals surface area contributed by atoms with Crippen LogP contribution in [0, 0.1) is 24.3 Å². The summed E-state index contributed by atoms with van der Waals surface area (Å²) in [7, 11) is 0. The molecule has 2 aliphatic rings. The third-order valence-electron chi connectivity index (χ3n) is 6.03. The zero-order chi connectivity index (χ0) is 21.9. The third-order valence-corrected chi connectivity index (χ3v) is 7.94. The van der Waals surface area contributed by atoms with Crippen LogP contribution in [0.4, 0.5) is 0 Å². The minimum absolute atomic E-state index is 0.147. The maximum Gasteiger partial charge on any atom is 0.308 e. The smallest absolute Gasteiger partial charge is 0.308 e. The summed E-state index contributed by atoms with van der Waals surface area (Å²) in [6.07, 6.45) is 1.99. The zero-order valence-corrected chi connectivity index (χ0v) is 20.9. The largest absolute Gasteiger partial charge is 0.459 e. The Labute approximate surface area is 198 Å². The van der Waals surface area contributed by atoms with Gasteiger partial charge in [-0.05, 0) is 80.8 Å². The maximum absolute atomic E-state index is 12.8. The SMILES string of the molecule is Cc1sc2c(c1C)C(c1ccc(I)cc1)=N[C@@H](CC(=O)OC1(C)CC1)c1nnc(C)n1-2. The molecule has 3 heterocycles. The first-order valence-electron chi connectivity index (χ1n) is 10.3. The number of carbonyl (C=O) groups is 1. The fraction of sp³-hybridized carbons (Fsp3) is 0.391. The second kappa shape index (κ2) is 7.51. The van der Waals surface area contributed by atoms with E-state index in [9.17, 15) is 4.79 Å². The number of aliphatic imine (C=N–C) groups is 1. The number of carbonyl (C=O) groups excluding carboxylic acids is 1. The molecule has 0 amide bonds. The van der Waals surface area contributed by atoms with Crippen molar-refractivity contribution in [2.75, 3.05) is 0 Å². The molecular weight excluding hydrogens is 523 g/mol. The molecule has 31 heavy (non-hydrogen) atoms. The van der Waals surface area contributed by atoms with Crippen LogP contribution in [0.15, 0.2) is 29.3 Å². The summed E-state index contributed by atoms with van der Waals surface area (Å²) in [6.45, 7) is 8.19. The Hall–Kier alpha value is -2.07. The summed E-state index contributed by atoms with van der Waals surface area (Å²) in [5.74, 6) is 1.25. The van der Waals surface area contributed by atoms with Crippen LogP contribution in [0.2, 0.25) is 0 Å². The molecule has 1 aromatic carbocycles. The van der Waals surface area contributed by atoms with Crippen LogP contribution in [0.3, 0.4) is 0 Å². The van der Waals surface area contributed by atoms with Crippen molar-refractivity contribution in [1.29, 1.82) is 0 Å². The highest BCUT2D eigenvalue weighted by Gasteiger charge is 2.42. The lowest BCUT2D eigenvalue weighted by Crippen LogP contribution is -2.19. The number of halogens is 1. The fourth-order valence-corrected chi connectivity index (χ4v) is 5.46. The van der Waals surface area contributed by atoms with Crippen molar-refractivity contribution < 1.29 is 9.53 Å². The number of thiophene rings is 1. The van der Waals surface area contributed by atoms with Crippen LogP contribution in [0.5, 0.6) is 0 Å². The first-order valence-corrected chi connectivity index (χ1v) is 12.2. The first-order chi connectivity index (χ1) is 14.8. The van der Waals surface area contributed by atoms with Gasteiger partial charge >= 0.3 is 5.97 Å².